The Labute approximate surface area is 122 Å². The van der Waals surface area contributed by atoms with Crippen molar-refractivity contribution in [1.29, 1.82) is 0 Å². The van der Waals surface area contributed by atoms with Crippen molar-refractivity contribution in [3.05, 3.63) is 28.4 Å². The van der Waals surface area contributed by atoms with Crippen molar-refractivity contribution in [3.8, 4) is 0 Å². The van der Waals surface area contributed by atoms with Crippen molar-refractivity contribution in [2.45, 2.75) is 0 Å². The molecule has 1 saturated heterocycles. The zero-order chi connectivity index (χ0) is 15.1. The zero-order valence-electron chi connectivity index (χ0n) is 11.6. The number of nitro groups is 1. The van der Waals surface area contributed by atoms with E-state index in [0.29, 0.717) is 6.54 Å². The summed E-state index contributed by atoms with van der Waals surface area (Å²) in [4.78, 5) is 20.6. The maximum atomic E-state index is 10.9. The average Bonchev–Trinajstić information content (AvgIpc) is 2.48. The number of aromatic nitrogens is 1. The summed E-state index contributed by atoms with van der Waals surface area (Å²) >= 11 is 0. The standard InChI is InChI=1S/C12H18N6O3/c13-12(15-4-5-17-6-8-21-9-7-17)16-11-10(18(19)20)2-1-3-14-11/h1-3H,4-9H2,(H3,13,14,15,16). The predicted molar refractivity (Wildman–Crippen MR) is 78.3 cm³/mol. The van der Waals surface area contributed by atoms with Gasteiger partial charge in [0.25, 0.3) is 0 Å². The Morgan fingerprint density at radius 3 is 3.05 bits per heavy atom. The van der Waals surface area contributed by atoms with Gasteiger partial charge in [-0.15, -0.1) is 0 Å². The van der Waals surface area contributed by atoms with Crippen LogP contribution in [0.1, 0.15) is 0 Å². The first-order valence-corrected chi connectivity index (χ1v) is 6.63. The number of aliphatic imine (C=N–C) groups is 1. The summed E-state index contributed by atoms with van der Waals surface area (Å²) in [5, 5.41) is 13.5. The lowest BCUT2D eigenvalue weighted by molar-refractivity contribution is -0.384. The molecule has 1 aromatic heterocycles. The van der Waals surface area contributed by atoms with Gasteiger partial charge >= 0.3 is 5.69 Å². The molecule has 0 bridgehead atoms. The SMILES string of the molecule is NC(=NCCN1CCOCC1)Nc1ncccc1[N+](=O)[O-]. The van der Waals surface area contributed by atoms with E-state index in [1.165, 1.54) is 18.3 Å². The second-order valence-corrected chi connectivity index (χ2v) is 4.47. The molecule has 2 heterocycles. The Balaban J connectivity index is 1.87. The molecule has 0 aromatic carbocycles. The van der Waals surface area contributed by atoms with E-state index in [0.717, 1.165) is 32.8 Å². The highest BCUT2D eigenvalue weighted by Gasteiger charge is 2.14. The van der Waals surface area contributed by atoms with Crippen molar-refractivity contribution < 1.29 is 9.66 Å². The van der Waals surface area contributed by atoms with E-state index in [9.17, 15) is 10.1 Å². The maximum Gasteiger partial charge on any atom is 0.311 e. The molecular weight excluding hydrogens is 276 g/mol. The van der Waals surface area contributed by atoms with Gasteiger partial charge in [0.1, 0.15) is 0 Å². The Bertz CT molecular complexity index is 515. The van der Waals surface area contributed by atoms with E-state index in [4.69, 9.17) is 10.5 Å². The molecule has 9 heteroatoms. The minimum Gasteiger partial charge on any atom is -0.379 e. The number of morpholine rings is 1. The quantitative estimate of drug-likeness (QED) is 0.341. The number of pyridine rings is 1. The fraction of sp³-hybridized carbons (Fsp3) is 0.500. The second kappa shape index (κ2) is 7.50. The number of hydrogen-bond acceptors (Lipinski definition) is 6. The molecule has 21 heavy (non-hydrogen) atoms. The summed E-state index contributed by atoms with van der Waals surface area (Å²) in [5.74, 6) is 0.209. The number of ether oxygens (including phenoxy) is 1. The van der Waals surface area contributed by atoms with Crippen LogP contribution in [0.4, 0.5) is 11.5 Å². The van der Waals surface area contributed by atoms with Crippen LogP contribution in [-0.4, -0.2) is 60.2 Å². The molecule has 0 unspecified atom stereocenters. The smallest absolute Gasteiger partial charge is 0.311 e. The number of rotatable bonds is 5. The number of anilines is 1. The highest BCUT2D eigenvalue weighted by molar-refractivity contribution is 5.93. The van der Waals surface area contributed by atoms with Crippen LogP contribution in [0.25, 0.3) is 0 Å². The van der Waals surface area contributed by atoms with Crippen LogP contribution < -0.4 is 11.1 Å². The number of guanidine groups is 1. The third-order valence-corrected chi connectivity index (χ3v) is 3.03. The van der Waals surface area contributed by atoms with Gasteiger partial charge < -0.3 is 15.8 Å². The molecule has 3 N–H and O–H groups in total. The molecule has 0 radical (unpaired) electrons. The van der Waals surface area contributed by atoms with Gasteiger partial charge in [0.2, 0.25) is 5.82 Å². The van der Waals surface area contributed by atoms with Gasteiger partial charge in [0, 0.05) is 31.9 Å². The summed E-state index contributed by atoms with van der Waals surface area (Å²) in [7, 11) is 0. The molecule has 0 spiro atoms. The van der Waals surface area contributed by atoms with Crippen molar-refractivity contribution in [3.63, 3.8) is 0 Å². The van der Waals surface area contributed by atoms with Gasteiger partial charge in [-0.05, 0) is 6.07 Å². The summed E-state index contributed by atoms with van der Waals surface area (Å²) in [6, 6.07) is 2.85. The summed E-state index contributed by atoms with van der Waals surface area (Å²) in [6.07, 6.45) is 1.45. The van der Waals surface area contributed by atoms with Crippen molar-refractivity contribution in [2.75, 3.05) is 44.7 Å². The van der Waals surface area contributed by atoms with Crippen LogP contribution >= 0.6 is 0 Å². The van der Waals surface area contributed by atoms with E-state index in [1.54, 1.807) is 0 Å². The number of hydrogen-bond donors (Lipinski definition) is 2. The van der Waals surface area contributed by atoms with Gasteiger partial charge in [-0.3, -0.25) is 20.0 Å². The largest absolute Gasteiger partial charge is 0.379 e. The molecule has 0 aliphatic carbocycles. The second-order valence-electron chi connectivity index (χ2n) is 4.47. The first-order chi connectivity index (χ1) is 10.2. The van der Waals surface area contributed by atoms with E-state index in [2.05, 4.69) is 20.2 Å². The highest BCUT2D eigenvalue weighted by Crippen LogP contribution is 2.19. The van der Waals surface area contributed by atoms with Crippen molar-refractivity contribution in [2.24, 2.45) is 10.7 Å². The Morgan fingerprint density at radius 1 is 1.57 bits per heavy atom. The summed E-state index contributed by atoms with van der Waals surface area (Å²) < 4.78 is 5.26. The highest BCUT2D eigenvalue weighted by atomic mass is 16.6. The van der Waals surface area contributed by atoms with Gasteiger partial charge in [0.15, 0.2) is 5.96 Å². The van der Waals surface area contributed by atoms with Crippen LogP contribution in [0.5, 0.6) is 0 Å². The number of nitrogens with two attached hydrogens (primary N) is 1. The molecule has 2 rings (SSSR count). The normalized spacial score (nSPS) is 16.7. The number of nitrogens with one attached hydrogen (secondary N) is 1. The molecule has 0 amide bonds. The van der Waals surface area contributed by atoms with Crippen LogP contribution in [-0.2, 0) is 4.74 Å². The zero-order valence-corrected chi connectivity index (χ0v) is 11.6. The molecule has 0 saturated carbocycles. The molecule has 9 nitrogen and oxygen atoms in total. The van der Waals surface area contributed by atoms with Crippen molar-refractivity contribution >= 4 is 17.5 Å². The lowest BCUT2D eigenvalue weighted by Gasteiger charge is -2.25. The van der Waals surface area contributed by atoms with Gasteiger partial charge in [-0.2, -0.15) is 0 Å². The third kappa shape index (κ3) is 4.65. The van der Waals surface area contributed by atoms with E-state index < -0.39 is 4.92 Å². The molecular formula is C12H18N6O3. The van der Waals surface area contributed by atoms with E-state index in [1.807, 2.05) is 0 Å². The fourth-order valence-electron chi connectivity index (χ4n) is 1.94. The monoisotopic (exact) mass is 294 g/mol. The molecule has 1 aliphatic heterocycles. The Hall–Kier alpha value is -2.26. The third-order valence-electron chi connectivity index (χ3n) is 3.03. The van der Waals surface area contributed by atoms with Gasteiger partial charge in [-0.1, -0.05) is 0 Å². The first-order valence-electron chi connectivity index (χ1n) is 6.63. The lowest BCUT2D eigenvalue weighted by atomic mass is 10.4. The minimum absolute atomic E-state index is 0.0927. The maximum absolute atomic E-state index is 10.9. The average molecular weight is 294 g/mol. The molecule has 1 aliphatic rings. The Morgan fingerprint density at radius 2 is 2.33 bits per heavy atom. The van der Waals surface area contributed by atoms with Gasteiger partial charge in [0.05, 0.1) is 24.7 Å². The molecule has 1 fully saturated rings. The fourth-order valence-corrected chi connectivity index (χ4v) is 1.94. The van der Waals surface area contributed by atoms with E-state index >= 15 is 0 Å². The minimum atomic E-state index is -0.518. The molecule has 1 aromatic rings. The summed E-state index contributed by atoms with van der Waals surface area (Å²) in [5.41, 5.74) is 5.59. The van der Waals surface area contributed by atoms with Crippen LogP contribution in [0, 0.1) is 10.1 Å². The van der Waals surface area contributed by atoms with Crippen molar-refractivity contribution in [1.82, 2.24) is 9.88 Å². The number of nitrogens with zero attached hydrogens (tertiary/aromatic N) is 4. The molecule has 114 valence electrons. The van der Waals surface area contributed by atoms with Crippen LogP contribution in [0.15, 0.2) is 23.3 Å². The van der Waals surface area contributed by atoms with E-state index in [-0.39, 0.29) is 17.5 Å². The summed E-state index contributed by atoms with van der Waals surface area (Å²) in [6.45, 7) is 4.52. The predicted octanol–water partition coefficient (Wildman–Crippen LogP) is 0.0486. The van der Waals surface area contributed by atoms with Crippen LogP contribution in [0.2, 0.25) is 0 Å². The van der Waals surface area contributed by atoms with Crippen LogP contribution in [0.3, 0.4) is 0 Å². The molecule has 0 atom stereocenters. The van der Waals surface area contributed by atoms with Gasteiger partial charge in [-0.25, -0.2) is 4.98 Å². The topological polar surface area (TPSA) is 119 Å². The Kier molecular flexibility index (Phi) is 5.41. The first kappa shape index (κ1) is 15.1. The lowest BCUT2D eigenvalue weighted by Crippen LogP contribution is -2.38.